The lowest BCUT2D eigenvalue weighted by Gasteiger charge is -2.35. The first-order valence-corrected chi connectivity index (χ1v) is 10.8. The first-order chi connectivity index (χ1) is 14.4. The van der Waals surface area contributed by atoms with Crippen molar-refractivity contribution in [3.8, 4) is 0 Å². The van der Waals surface area contributed by atoms with Crippen LogP contribution in [-0.2, 0) is 11.2 Å². The number of aromatic nitrogens is 1. The molecular formula is C25H27N3OS. The Bertz CT molecular complexity index is 1100. The van der Waals surface area contributed by atoms with Gasteiger partial charge in [0.15, 0.2) is 0 Å². The number of hydrogen-bond donors (Lipinski definition) is 2. The largest absolute Gasteiger partial charge is 0.361 e. The number of rotatable bonds is 5. The van der Waals surface area contributed by atoms with Gasteiger partial charge < -0.3 is 10.3 Å². The molecule has 2 aromatic carbocycles. The summed E-state index contributed by atoms with van der Waals surface area (Å²) in [5, 5.41) is 4.48. The van der Waals surface area contributed by atoms with E-state index >= 15 is 0 Å². The van der Waals surface area contributed by atoms with Crippen molar-refractivity contribution in [2.45, 2.75) is 33.1 Å². The Balaban J connectivity index is 1.53. The number of hydrogen-bond acceptors (Lipinski definition) is 3. The summed E-state index contributed by atoms with van der Waals surface area (Å²) in [4.78, 5) is 21.8. The zero-order valence-electron chi connectivity index (χ0n) is 17.4. The Labute approximate surface area is 182 Å². The Morgan fingerprint density at radius 2 is 1.87 bits per heavy atom. The van der Waals surface area contributed by atoms with E-state index in [0.717, 1.165) is 29.8 Å². The lowest BCUT2D eigenvalue weighted by Crippen LogP contribution is -2.43. The van der Waals surface area contributed by atoms with Crippen LogP contribution in [0.5, 0.6) is 0 Å². The van der Waals surface area contributed by atoms with Crippen molar-refractivity contribution in [3.05, 3.63) is 66.4 Å². The van der Waals surface area contributed by atoms with Gasteiger partial charge in [-0.15, -0.1) is 0 Å². The van der Waals surface area contributed by atoms with E-state index in [1.54, 1.807) is 0 Å². The monoisotopic (exact) mass is 417 g/mol. The van der Waals surface area contributed by atoms with Gasteiger partial charge >= 0.3 is 0 Å². The minimum absolute atomic E-state index is 0.0877. The van der Waals surface area contributed by atoms with Crippen LogP contribution in [0.15, 0.2) is 65.8 Å². The third-order valence-electron chi connectivity index (χ3n) is 5.64. The van der Waals surface area contributed by atoms with Crippen molar-refractivity contribution in [2.24, 2.45) is 16.3 Å². The zero-order valence-corrected chi connectivity index (χ0v) is 18.3. The van der Waals surface area contributed by atoms with E-state index in [2.05, 4.69) is 48.5 Å². The highest BCUT2D eigenvalue weighted by Gasteiger charge is 2.40. The minimum atomic E-state index is -0.434. The molecule has 5 heteroatoms. The fraction of sp³-hybridized carbons (Fsp3) is 0.320. The topological polar surface area (TPSA) is 57.2 Å². The number of carbonyl (C=O) groups is 1. The minimum Gasteiger partial charge on any atom is -0.361 e. The maximum absolute atomic E-state index is 13.0. The molecule has 30 heavy (non-hydrogen) atoms. The standard InChI is InChI=1S/C25H27N3OS/c1-25(2)14-21(26-13-12-17-16-27-20-11-7-6-10-19(17)20)23(22(29)15-25)24(30)28-18-8-4-3-5-9-18/h3-11,16,23,27H,12-15H2,1-2H3,(H,28,30). The molecule has 0 spiro atoms. The van der Waals surface area contributed by atoms with E-state index in [0.29, 0.717) is 18.0 Å². The molecule has 1 saturated carbocycles. The Morgan fingerprint density at radius 3 is 2.67 bits per heavy atom. The van der Waals surface area contributed by atoms with Crippen molar-refractivity contribution in [1.82, 2.24) is 4.98 Å². The van der Waals surface area contributed by atoms with Crippen LogP contribution in [0.3, 0.4) is 0 Å². The molecule has 1 fully saturated rings. The van der Waals surface area contributed by atoms with E-state index in [-0.39, 0.29) is 11.2 Å². The van der Waals surface area contributed by atoms with Crippen LogP contribution >= 0.6 is 12.2 Å². The molecule has 1 aliphatic rings. The number of nitrogens with one attached hydrogen (secondary N) is 2. The third kappa shape index (κ3) is 4.51. The van der Waals surface area contributed by atoms with Gasteiger partial charge in [0, 0.05) is 41.5 Å². The average Bonchev–Trinajstić information content (AvgIpc) is 3.11. The van der Waals surface area contributed by atoms with Crippen molar-refractivity contribution in [2.75, 3.05) is 11.9 Å². The molecule has 1 aliphatic carbocycles. The smallest absolute Gasteiger partial charge is 0.148 e. The van der Waals surface area contributed by atoms with Crippen LogP contribution in [0, 0.1) is 11.3 Å². The Morgan fingerprint density at radius 1 is 1.13 bits per heavy atom. The number of thiocarbonyl (C=S) groups is 1. The normalized spacial score (nSPS) is 19.9. The molecule has 0 amide bonds. The van der Waals surface area contributed by atoms with Gasteiger partial charge in [-0.1, -0.05) is 62.5 Å². The van der Waals surface area contributed by atoms with Crippen LogP contribution in [0.2, 0.25) is 0 Å². The third-order valence-corrected chi connectivity index (χ3v) is 5.98. The first-order valence-electron chi connectivity index (χ1n) is 10.4. The van der Waals surface area contributed by atoms with E-state index in [9.17, 15) is 4.79 Å². The van der Waals surface area contributed by atoms with Gasteiger partial charge in [-0.3, -0.25) is 9.79 Å². The van der Waals surface area contributed by atoms with Crippen LogP contribution in [0.1, 0.15) is 32.3 Å². The number of nitrogens with zero attached hydrogens (tertiary/aromatic N) is 1. The highest BCUT2D eigenvalue weighted by Crippen LogP contribution is 2.35. The second-order valence-corrected chi connectivity index (χ2v) is 9.19. The molecule has 1 aromatic heterocycles. The van der Waals surface area contributed by atoms with Crippen molar-refractivity contribution >= 4 is 45.3 Å². The molecule has 0 bridgehead atoms. The van der Waals surface area contributed by atoms with E-state index in [4.69, 9.17) is 17.2 Å². The van der Waals surface area contributed by atoms with Gasteiger partial charge in [0.25, 0.3) is 0 Å². The second-order valence-electron chi connectivity index (χ2n) is 8.75. The predicted molar refractivity (Wildman–Crippen MR) is 128 cm³/mol. The summed E-state index contributed by atoms with van der Waals surface area (Å²) in [5.74, 6) is -0.276. The molecule has 2 N–H and O–H groups in total. The van der Waals surface area contributed by atoms with Crippen molar-refractivity contribution in [3.63, 3.8) is 0 Å². The van der Waals surface area contributed by atoms with Gasteiger partial charge in [0.1, 0.15) is 11.7 Å². The number of H-pyrrole nitrogens is 1. The summed E-state index contributed by atoms with van der Waals surface area (Å²) >= 11 is 5.66. The number of benzene rings is 2. The molecule has 4 rings (SSSR count). The molecule has 3 aromatic rings. The molecule has 0 radical (unpaired) electrons. The summed E-state index contributed by atoms with van der Waals surface area (Å²) in [7, 11) is 0. The second kappa shape index (κ2) is 8.52. The summed E-state index contributed by atoms with van der Waals surface area (Å²) in [5.41, 5.74) is 4.11. The van der Waals surface area contributed by atoms with Crippen LogP contribution in [0.25, 0.3) is 10.9 Å². The maximum Gasteiger partial charge on any atom is 0.148 e. The molecule has 4 nitrogen and oxygen atoms in total. The number of ketones is 1. The SMILES string of the molecule is CC1(C)CC(=O)C(C(=S)Nc2ccccc2)C(=NCCc2c[nH]c3ccccc23)C1. The van der Waals surface area contributed by atoms with Crippen LogP contribution < -0.4 is 5.32 Å². The predicted octanol–water partition coefficient (Wildman–Crippen LogP) is 5.60. The summed E-state index contributed by atoms with van der Waals surface area (Å²) < 4.78 is 0. The fourth-order valence-corrected chi connectivity index (χ4v) is 4.64. The molecule has 1 atom stereocenters. The lowest BCUT2D eigenvalue weighted by atomic mass is 9.71. The first kappa shape index (κ1) is 20.5. The molecule has 1 heterocycles. The molecular weight excluding hydrogens is 390 g/mol. The van der Waals surface area contributed by atoms with Gasteiger partial charge in [-0.25, -0.2) is 0 Å². The van der Waals surface area contributed by atoms with Crippen molar-refractivity contribution in [1.29, 1.82) is 0 Å². The van der Waals surface area contributed by atoms with Gasteiger partial charge in [-0.05, 0) is 42.0 Å². The highest BCUT2D eigenvalue weighted by atomic mass is 32.1. The summed E-state index contributed by atoms with van der Waals surface area (Å²) in [6.45, 7) is 4.90. The quantitative estimate of drug-likeness (QED) is 0.532. The number of fused-ring (bicyclic) bond motifs is 1. The van der Waals surface area contributed by atoms with E-state index in [1.807, 2.05) is 36.4 Å². The van der Waals surface area contributed by atoms with E-state index in [1.165, 1.54) is 10.9 Å². The van der Waals surface area contributed by atoms with Gasteiger partial charge in [-0.2, -0.15) is 0 Å². The van der Waals surface area contributed by atoms with Crippen molar-refractivity contribution < 1.29 is 4.79 Å². The number of aromatic amines is 1. The highest BCUT2D eigenvalue weighted by molar-refractivity contribution is 7.80. The zero-order chi connectivity index (χ0) is 21.1. The number of carbonyl (C=O) groups excluding carboxylic acids is 1. The average molecular weight is 418 g/mol. The summed E-state index contributed by atoms with van der Waals surface area (Å²) in [6.07, 6.45) is 4.19. The molecule has 0 aliphatic heterocycles. The van der Waals surface area contributed by atoms with Gasteiger partial charge in [0.2, 0.25) is 0 Å². The lowest BCUT2D eigenvalue weighted by molar-refractivity contribution is -0.122. The van der Waals surface area contributed by atoms with Gasteiger partial charge in [0.05, 0.1) is 4.99 Å². The number of aliphatic imine (C=N–C) groups is 1. The Kier molecular flexibility index (Phi) is 5.82. The molecule has 0 saturated heterocycles. The molecule has 154 valence electrons. The number of para-hydroxylation sites is 2. The maximum atomic E-state index is 13.0. The molecule has 1 unspecified atom stereocenters. The number of Topliss-reactive ketones (excluding diaryl/α,β-unsaturated/α-hetero) is 1. The van der Waals surface area contributed by atoms with Crippen LogP contribution in [0.4, 0.5) is 5.69 Å². The van der Waals surface area contributed by atoms with E-state index < -0.39 is 5.92 Å². The van der Waals surface area contributed by atoms with Crippen LogP contribution in [-0.4, -0.2) is 28.0 Å². The Hall–Kier alpha value is -2.79. The fourth-order valence-electron chi connectivity index (χ4n) is 4.25. The number of anilines is 1. The summed E-state index contributed by atoms with van der Waals surface area (Å²) in [6, 6.07) is 18.1.